The van der Waals surface area contributed by atoms with Crippen molar-refractivity contribution in [2.45, 2.75) is 52.2 Å². The summed E-state index contributed by atoms with van der Waals surface area (Å²) >= 11 is 0. The van der Waals surface area contributed by atoms with Crippen molar-refractivity contribution in [1.82, 2.24) is 4.90 Å². The molecule has 1 aromatic rings. The molecule has 0 aliphatic carbocycles. The van der Waals surface area contributed by atoms with Gasteiger partial charge in [0.15, 0.2) is 0 Å². The van der Waals surface area contributed by atoms with Crippen LogP contribution < -0.4 is 0 Å². The Morgan fingerprint density at radius 1 is 1.24 bits per heavy atom. The minimum absolute atomic E-state index is 0.139. The van der Waals surface area contributed by atoms with E-state index in [1.165, 1.54) is 0 Å². The summed E-state index contributed by atoms with van der Waals surface area (Å²) in [7, 11) is 0. The lowest BCUT2D eigenvalue weighted by Crippen LogP contribution is -2.39. The molecular weight excluding hydrogens is 318 g/mol. The van der Waals surface area contributed by atoms with Gasteiger partial charge >= 0.3 is 12.1 Å². The van der Waals surface area contributed by atoms with E-state index in [-0.39, 0.29) is 18.1 Å². The number of likely N-dealkylation sites (tertiary alicyclic amines) is 1. The van der Waals surface area contributed by atoms with Gasteiger partial charge in [0.05, 0.1) is 18.2 Å². The molecule has 1 heterocycles. The highest BCUT2D eigenvalue weighted by molar-refractivity contribution is 5.89. The number of esters is 1. The number of carbonyl (C=O) groups is 2. The first-order valence-corrected chi connectivity index (χ1v) is 8.58. The van der Waals surface area contributed by atoms with Gasteiger partial charge < -0.3 is 9.47 Å². The van der Waals surface area contributed by atoms with E-state index >= 15 is 0 Å². The molecule has 1 amide bonds. The van der Waals surface area contributed by atoms with Crippen molar-refractivity contribution >= 4 is 12.1 Å². The van der Waals surface area contributed by atoms with Gasteiger partial charge in [-0.25, -0.2) is 9.59 Å². The zero-order valence-electron chi connectivity index (χ0n) is 15.3. The molecule has 1 atom stereocenters. The summed E-state index contributed by atoms with van der Waals surface area (Å²) in [5, 5.41) is 0. The van der Waals surface area contributed by atoms with Crippen LogP contribution in [-0.2, 0) is 9.47 Å². The zero-order chi connectivity index (χ0) is 18.4. The Bertz CT molecular complexity index is 676. The number of hydrogen-bond acceptors (Lipinski definition) is 4. The van der Waals surface area contributed by atoms with Crippen molar-refractivity contribution in [1.29, 1.82) is 0 Å². The van der Waals surface area contributed by atoms with Crippen LogP contribution in [0.5, 0.6) is 0 Å². The first-order valence-electron chi connectivity index (χ1n) is 8.58. The van der Waals surface area contributed by atoms with Crippen LogP contribution in [0.3, 0.4) is 0 Å². The van der Waals surface area contributed by atoms with Crippen LogP contribution >= 0.6 is 0 Å². The summed E-state index contributed by atoms with van der Waals surface area (Å²) in [6, 6.07) is 6.82. The normalized spacial score (nSPS) is 16.8. The molecule has 134 valence electrons. The maximum Gasteiger partial charge on any atom is 0.411 e. The molecule has 2 rings (SSSR count). The molecule has 1 fully saturated rings. The lowest BCUT2D eigenvalue weighted by molar-refractivity contribution is 0.0260. The number of nitrogens with zero attached hydrogens (tertiary/aromatic N) is 1. The molecule has 0 aromatic heterocycles. The van der Waals surface area contributed by atoms with Crippen molar-refractivity contribution in [3.63, 3.8) is 0 Å². The number of hydrogen-bond donors (Lipinski definition) is 0. The fourth-order valence-corrected chi connectivity index (χ4v) is 2.53. The average Bonchev–Trinajstić information content (AvgIpc) is 3.01. The van der Waals surface area contributed by atoms with Crippen molar-refractivity contribution < 1.29 is 19.1 Å². The van der Waals surface area contributed by atoms with Gasteiger partial charge in [0, 0.05) is 12.1 Å². The predicted molar refractivity (Wildman–Crippen MR) is 95.2 cm³/mol. The molecule has 0 bridgehead atoms. The molecule has 1 aliphatic heterocycles. The van der Waals surface area contributed by atoms with Crippen molar-refractivity contribution in [3.05, 3.63) is 35.4 Å². The smallest absolute Gasteiger partial charge is 0.411 e. The van der Waals surface area contributed by atoms with E-state index < -0.39 is 5.60 Å². The number of ether oxygens (including phenoxy) is 2. The fourth-order valence-electron chi connectivity index (χ4n) is 2.53. The first kappa shape index (κ1) is 18.9. The summed E-state index contributed by atoms with van der Waals surface area (Å²) in [4.78, 5) is 25.6. The van der Waals surface area contributed by atoms with Crippen LogP contribution in [0.4, 0.5) is 4.79 Å². The van der Waals surface area contributed by atoms with Crippen LogP contribution in [0.15, 0.2) is 24.3 Å². The summed E-state index contributed by atoms with van der Waals surface area (Å²) < 4.78 is 10.4. The Labute approximate surface area is 149 Å². The van der Waals surface area contributed by atoms with E-state index in [1.807, 2.05) is 20.8 Å². The third-order valence-corrected chi connectivity index (χ3v) is 3.66. The standard InChI is InChI=1S/C20H25NO4/c1-5-24-18(22)16-11-8-15(9-12-16)10-13-17-7-6-14-21(17)19(23)25-20(2,3)4/h8-9,11-12,17H,5-7,14H2,1-4H3. The van der Waals surface area contributed by atoms with Crippen LogP contribution in [0.25, 0.3) is 0 Å². The van der Waals surface area contributed by atoms with Crippen LogP contribution in [0.2, 0.25) is 0 Å². The molecule has 0 N–H and O–H groups in total. The predicted octanol–water partition coefficient (Wildman–Crippen LogP) is 3.61. The third kappa shape index (κ3) is 5.53. The van der Waals surface area contributed by atoms with Gasteiger partial charge in [-0.3, -0.25) is 4.90 Å². The van der Waals surface area contributed by atoms with Gasteiger partial charge in [-0.05, 0) is 64.8 Å². The summed E-state index contributed by atoms with van der Waals surface area (Å²) in [6.07, 6.45) is 1.44. The van der Waals surface area contributed by atoms with Crippen molar-refractivity contribution in [3.8, 4) is 11.8 Å². The molecule has 0 radical (unpaired) electrons. The third-order valence-electron chi connectivity index (χ3n) is 3.66. The summed E-state index contributed by atoms with van der Waals surface area (Å²) in [6.45, 7) is 8.35. The SMILES string of the molecule is CCOC(=O)c1ccc(C#CC2CCCN2C(=O)OC(C)(C)C)cc1. The van der Waals surface area contributed by atoms with Crippen LogP contribution in [0.1, 0.15) is 56.5 Å². The highest BCUT2D eigenvalue weighted by atomic mass is 16.6. The zero-order valence-corrected chi connectivity index (χ0v) is 15.3. The molecule has 1 aromatic carbocycles. The second-order valence-electron chi connectivity index (χ2n) is 6.90. The lowest BCUT2D eigenvalue weighted by atomic mass is 10.1. The van der Waals surface area contributed by atoms with Crippen molar-refractivity contribution in [2.75, 3.05) is 13.2 Å². The van der Waals surface area contributed by atoms with E-state index in [2.05, 4.69) is 11.8 Å². The second kappa shape index (κ2) is 8.06. The highest BCUT2D eigenvalue weighted by Crippen LogP contribution is 2.20. The van der Waals surface area contributed by atoms with Crippen LogP contribution in [-0.4, -0.2) is 41.8 Å². The maximum atomic E-state index is 12.2. The molecule has 1 aliphatic rings. The number of benzene rings is 1. The first-order chi connectivity index (χ1) is 11.8. The van der Waals surface area contributed by atoms with Gasteiger partial charge in [-0.15, -0.1) is 0 Å². The maximum absolute atomic E-state index is 12.2. The van der Waals surface area contributed by atoms with Gasteiger partial charge in [-0.2, -0.15) is 0 Å². The molecular formula is C20H25NO4. The van der Waals surface area contributed by atoms with Crippen LogP contribution in [0, 0.1) is 11.8 Å². The van der Waals surface area contributed by atoms with E-state index in [1.54, 1.807) is 36.1 Å². The Morgan fingerprint density at radius 3 is 2.52 bits per heavy atom. The Kier molecular flexibility index (Phi) is 6.08. The lowest BCUT2D eigenvalue weighted by Gasteiger charge is -2.26. The summed E-state index contributed by atoms with van der Waals surface area (Å²) in [5.41, 5.74) is 0.786. The van der Waals surface area contributed by atoms with Gasteiger partial charge in [0.25, 0.3) is 0 Å². The molecule has 0 spiro atoms. The minimum Gasteiger partial charge on any atom is -0.462 e. The largest absolute Gasteiger partial charge is 0.462 e. The monoisotopic (exact) mass is 343 g/mol. The van der Waals surface area contributed by atoms with Gasteiger partial charge in [0.2, 0.25) is 0 Å². The molecule has 5 nitrogen and oxygen atoms in total. The molecule has 1 unspecified atom stereocenters. The van der Waals surface area contributed by atoms with Crippen molar-refractivity contribution in [2.24, 2.45) is 0 Å². The topological polar surface area (TPSA) is 55.8 Å². The van der Waals surface area contributed by atoms with E-state index in [4.69, 9.17) is 9.47 Å². The summed E-state index contributed by atoms with van der Waals surface area (Å²) in [5.74, 6) is 5.89. The van der Waals surface area contributed by atoms with Gasteiger partial charge in [-0.1, -0.05) is 11.8 Å². The Morgan fingerprint density at radius 2 is 1.92 bits per heavy atom. The second-order valence-corrected chi connectivity index (χ2v) is 6.90. The molecule has 0 saturated carbocycles. The number of rotatable bonds is 2. The average molecular weight is 343 g/mol. The highest BCUT2D eigenvalue weighted by Gasteiger charge is 2.31. The molecule has 25 heavy (non-hydrogen) atoms. The molecule has 5 heteroatoms. The van der Waals surface area contributed by atoms with E-state index in [9.17, 15) is 9.59 Å². The van der Waals surface area contributed by atoms with Gasteiger partial charge in [0.1, 0.15) is 5.60 Å². The number of carbonyl (C=O) groups excluding carboxylic acids is 2. The molecule has 1 saturated heterocycles. The quantitative estimate of drug-likeness (QED) is 0.608. The van der Waals surface area contributed by atoms with E-state index in [0.717, 1.165) is 18.4 Å². The Hall–Kier alpha value is -2.48. The minimum atomic E-state index is -0.513. The number of amides is 1. The Balaban J connectivity index is 2.04. The fraction of sp³-hybridized carbons (Fsp3) is 0.500. The van der Waals surface area contributed by atoms with E-state index in [0.29, 0.717) is 18.7 Å².